The number of benzene rings is 5. The lowest BCUT2D eigenvalue weighted by Gasteiger charge is -2.22. The van der Waals surface area contributed by atoms with E-state index in [1.807, 2.05) is 0 Å². The van der Waals surface area contributed by atoms with Crippen molar-refractivity contribution in [2.45, 2.75) is 25.2 Å². The van der Waals surface area contributed by atoms with Gasteiger partial charge in [0.25, 0.3) is 0 Å². The molecule has 1 atom stereocenters. The maximum absolute atomic E-state index is 2.37. The summed E-state index contributed by atoms with van der Waals surface area (Å²) in [6, 6.07) is 46.5. The molecule has 6 aromatic rings. The van der Waals surface area contributed by atoms with Gasteiger partial charge in [-0.05, 0) is 71.8 Å². The molecule has 0 saturated heterocycles. The zero-order valence-electron chi connectivity index (χ0n) is 22.0. The molecule has 0 spiro atoms. The second-order valence-corrected chi connectivity index (χ2v) is 10.5. The monoisotopic (exact) mass is 501 g/mol. The molecule has 188 valence electrons. The summed E-state index contributed by atoms with van der Waals surface area (Å²) < 4.78 is 2.37. The summed E-state index contributed by atoms with van der Waals surface area (Å²) in [4.78, 5) is 0. The zero-order valence-corrected chi connectivity index (χ0v) is 22.0. The highest BCUT2D eigenvalue weighted by atomic mass is 15.0. The normalized spacial score (nSPS) is 14.0. The first-order valence-electron chi connectivity index (χ1n) is 13.9. The van der Waals surface area contributed by atoms with Crippen molar-refractivity contribution in [3.05, 3.63) is 162 Å². The average Bonchev–Trinajstić information content (AvgIpc) is 3.35. The lowest BCUT2D eigenvalue weighted by atomic mass is 9.82. The van der Waals surface area contributed by atoms with Crippen molar-refractivity contribution >= 4 is 21.8 Å². The first-order chi connectivity index (χ1) is 19.3. The number of hydrogen-bond acceptors (Lipinski definition) is 0. The van der Waals surface area contributed by atoms with Crippen LogP contribution in [-0.2, 0) is 6.42 Å². The Morgan fingerprint density at radius 1 is 0.615 bits per heavy atom. The van der Waals surface area contributed by atoms with Gasteiger partial charge in [-0.2, -0.15) is 0 Å². The van der Waals surface area contributed by atoms with Gasteiger partial charge in [0.05, 0.1) is 11.0 Å². The topological polar surface area (TPSA) is 4.93 Å². The van der Waals surface area contributed by atoms with Crippen LogP contribution in [0.4, 0.5) is 0 Å². The van der Waals surface area contributed by atoms with E-state index in [0.29, 0.717) is 5.92 Å². The summed E-state index contributed by atoms with van der Waals surface area (Å²) in [6.07, 6.45) is 10.1. The van der Waals surface area contributed by atoms with Crippen LogP contribution < -0.4 is 0 Å². The van der Waals surface area contributed by atoms with Crippen molar-refractivity contribution in [3.63, 3.8) is 0 Å². The van der Waals surface area contributed by atoms with Gasteiger partial charge in [-0.3, -0.25) is 0 Å². The van der Waals surface area contributed by atoms with Crippen LogP contribution in [0.5, 0.6) is 0 Å². The summed E-state index contributed by atoms with van der Waals surface area (Å²) in [5.41, 5.74) is 10.5. The SMILES string of the molecule is C1=CCCC(C(Cc2ccc(-c3ccc4c(c3)c3ccccc3n4-c3ccccc3)cc2)c2ccccc2)=C1. The van der Waals surface area contributed by atoms with Crippen molar-refractivity contribution in [2.24, 2.45) is 0 Å². The minimum Gasteiger partial charge on any atom is -0.309 e. The molecule has 1 unspecified atom stereocenters. The minimum atomic E-state index is 0.419. The minimum absolute atomic E-state index is 0.419. The van der Waals surface area contributed by atoms with Crippen LogP contribution in [-0.4, -0.2) is 4.57 Å². The van der Waals surface area contributed by atoms with Crippen LogP contribution >= 0.6 is 0 Å². The van der Waals surface area contributed by atoms with Crippen molar-refractivity contribution in [1.82, 2.24) is 4.57 Å². The molecule has 1 heteroatoms. The molecule has 0 bridgehead atoms. The van der Waals surface area contributed by atoms with Gasteiger partial charge in [0.2, 0.25) is 0 Å². The Kier molecular flexibility index (Phi) is 6.19. The number of hydrogen-bond donors (Lipinski definition) is 0. The first-order valence-corrected chi connectivity index (χ1v) is 13.9. The van der Waals surface area contributed by atoms with Crippen molar-refractivity contribution in [3.8, 4) is 16.8 Å². The van der Waals surface area contributed by atoms with Crippen LogP contribution in [0.15, 0.2) is 151 Å². The Hall–Kier alpha value is -4.62. The molecule has 0 saturated carbocycles. The van der Waals surface area contributed by atoms with Gasteiger partial charge in [0.15, 0.2) is 0 Å². The average molecular weight is 502 g/mol. The summed E-state index contributed by atoms with van der Waals surface area (Å²) in [7, 11) is 0. The van der Waals surface area contributed by atoms with Gasteiger partial charge in [-0.15, -0.1) is 0 Å². The molecular weight excluding hydrogens is 470 g/mol. The largest absolute Gasteiger partial charge is 0.309 e. The Morgan fingerprint density at radius 2 is 1.31 bits per heavy atom. The molecule has 39 heavy (non-hydrogen) atoms. The van der Waals surface area contributed by atoms with Crippen LogP contribution in [0, 0.1) is 0 Å². The van der Waals surface area contributed by atoms with Gasteiger partial charge in [0.1, 0.15) is 0 Å². The molecule has 1 nitrogen and oxygen atoms in total. The Labute approximate surface area is 230 Å². The molecule has 0 N–H and O–H groups in total. The first kappa shape index (κ1) is 23.5. The summed E-state index contributed by atoms with van der Waals surface area (Å²) in [5, 5.41) is 2.58. The van der Waals surface area contributed by atoms with Gasteiger partial charge in [0, 0.05) is 22.4 Å². The summed E-state index contributed by atoms with van der Waals surface area (Å²) >= 11 is 0. The molecular formula is C38H31N. The van der Waals surface area contributed by atoms with E-state index in [1.165, 1.54) is 55.3 Å². The predicted octanol–water partition coefficient (Wildman–Crippen LogP) is 10.1. The van der Waals surface area contributed by atoms with E-state index < -0.39 is 0 Å². The maximum atomic E-state index is 2.37. The third kappa shape index (κ3) is 4.51. The fourth-order valence-corrected chi connectivity index (χ4v) is 6.14. The second-order valence-electron chi connectivity index (χ2n) is 10.5. The summed E-state index contributed by atoms with van der Waals surface area (Å²) in [6.45, 7) is 0. The fourth-order valence-electron chi connectivity index (χ4n) is 6.14. The highest BCUT2D eigenvalue weighted by Crippen LogP contribution is 2.36. The van der Waals surface area contributed by atoms with Crippen LogP contribution in [0.1, 0.15) is 29.9 Å². The van der Waals surface area contributed by atoms with E-state index in [1.54, 1.807) is 0 Å². The highest BCUT2D eigenvalue weighted by molar-refractivity contribution is 6.10. The van der Waals surface area contributed by atoms with Crippen LogP contribution in [0.2, 0.25) is 0 Å². The molecule has 1 aliphatic rings. The second kappa shape index (κ2) is 10.3. The molecule has 1 aliphatic carbocycles. The Bertz CT molecular complexity index is 1800. The van der Waals surface area contributed by atoms with Crippen molar-refractivity contribution in [1.29, 1.82) is 0 Å². The number of allylic oxidation sites excluding steroid dienone is 4. The molecule has 7 rings (SSSR count). The number of aromatic nitrogens is 1. The van der Waals surface area contributed by atoms with Crippen molar-refractivity contribution < 1.29 is 0 Å². The molecule has 1 aromatic heterocycles. The highest BCUT2D eigenvalue weighted by Gasteiger charge is 2.18. The molecule has 1 heterocycles. The van der Waals surface area contributed by atoms with Gasteiger partial charge < -0.3 is 4.57 Å². The third-order valence-electron chi connectivity index (χ3n) is 8.11. The smallest absolute Gasteiger partial charge is 0.0541 e. The van der Waals surface area contributed by atoms with E-state index in [9.17, 15) is 0 Å². The van der Waals surface area contributed by atoms with Gasteiger partial charge in [-0.25, -0.2) is 0 Å². The molecule has 0 fully saturated rings. The number of nitrogens with zero attached hydrogens (tertiary/aromatic N) is 1. The summed E-state index contributed by atoms with van der Waals surface area (Å²) in [5.74, 6) is 0.419. The van der Waals surface area contributed by atoms with E-state index in [4.69, 9.17) is 0 Å². The zero-order chi connectivity index (χ0) is 26.0. The Morgan fingerprint density at radius 3 is 2.08 bits per heavy atom. The van der Waals surface area contributed by atoms with E-state index in [-0.39, 0.29) is 0 Å². The fraction of sp³-hybridized carbons (Fsp3) is 0.105. The molecule has 0 amide bonds. The third-order valence-corrected chi connectivity index (χ3v) is 8.11. The maximum Gasteiger partial charge on any atom is 0.0541 e. The lowest BCUT2D eigenvalue weighted by molar-refractivity contribution is 0.731. The quantitative estimate of drug-likeness (QED) is 0.214. The van der Waals surface area contributed by atoms with Gasteiger partial charge in [-0.1, -0.05) is 121 Å². The van der Waals surface area contributed by atoms with E-state index in [2.05, 4.69) is 150 Å². The van der Waals surface area contributed by atoms with E-state index in [0.717, 1.165) is 19.3 Å². The van der Waals surface area contributed by atoms with Crippen molar-refractivity contribution in [2.75, 3.05) is 0 Å². The predicted molar refractivity (Wildman–Crippen MR) is 166 cm³/mol. The molecule has 0 aliphatic heterocycles. The number of fused-ring (bicyclic) bond motifs is 3. The van der Waals surface area contributed by atoms with Crippen LogP contribution in [0.25, 0.3) is 38.6 Å². The Balaban J connectivity index is 1.24. The standard InChI is InChI=1S/C38H31N/c1-4-12-30(13-5-1)35(31-14-6-2-7-15-31)26-28-20-22-29(23-21-28)32-24-25-38-36(27-32)34-18-10-11-19-37(34)39(38)33-16-8-3-9-17-33/h1-6,8-14,16-25,27,35H,7,15,26H2. The molecule has 5 aromatic carbocycles. The molecule has 0 radical (unpaired) electrons. The number of para-hydroxylation sites is 2. The number of rotatable bonds is 6. The lowest BCUT2D eigenvalue weighted by Crippen LogP contribution is -2.08. The van der Waals surface area contributed by atoms with Crippen LogP contribution in [0.3, 0.4) is 0 Å². The van der Waals surface area contributed by atoms with Gasteiger partial charge >= 0.3 is 0 Å². The van der Waals surface area contributed by atoms with E-state index >= 15 is 0 Å².